The van der Waals surface area contributed by atoms with Crippen LogP contribution in [0.2, 0.25) is 0 Å². The van der Waals surface area contributed by atoms with Gasteiger partial charge in [0.2, 0.25) is 11.8 Å². The fraction of sp³-hybridized carbons (Fsp3) is 0.346. The maximum absolute atomic E-state index is 13.0. The molecule has 0 spiro atoms. The molecule has 3 N–H and O–H groups in total. The van der Waals surface area contributed by atoms with Gasteiger partial charge < -0.3 is 15.4 Å². The number of imide groups is 2. The average molecular weight is 491 g/mol. The van der Waals surface area contributed by atoms with Gasteiger partial charge in [0, 0.05) is 18.7 Å². The van der Waals surface area contributed by atoms with Gasteiger partial charge in [0.25, 0.3) is 11.8 Å². The minimum atomic E-state index is -1.02. The van der Waals surface area contributed by atoms with Crippen molar-refractivity contribution in [3.63, 3.8) is 0 Å². The molecule has 6 amide bonds. The number of carbonyl (C=O) groups is 5. The molecule has 3 aliphatic heterocycles. The van der Waals surface area contributed by atoms with Gasteiger partial charge in [-0.15, -0.1) is 0 Å². The number of hydrogen-bond acceptors (Lipinski definition) is 6. The van der Waals surface area contributed by atoms with Crippen molar-refractivity contribution in [3.05, 3.63) is 58.7 Å². The molecule has 2 aromatic rings. The third-order valence-electron chi connectivity index (χ3n) is 6.66. The smallest absolute Gasteiger partial charge is 0.319 e. The van der Waals surface area contributed by atoms with Crippen LogP contribution in [-0.4, -0.2) is 46.2 Å². The van der Waals surface area contributed by atoms with E-state index in [1.807, 2.05) is 26.0 Å². The molecular formula is C26H26N4O6. The van der Waals surface area contributed by atoms with E-state index in [1.54, 1.807) is 18.2 Å². The van der Waals surface area contributed by atoms with Gasteiger partial charge >= 0.3 is 6.03 Å². The first-order valence-corrected chi connectivity index (χ1v) is 11.8. The van der Waals surface area contributed by atoms with Gasteiger partial charge in [0.05, 0.1) is 11.1 Å². The number of ether oxygens (including phenoxy) is 1. The van der Waals surface area contributed by atoms with E-state index in [4.69, 9.17) is 4.74 Å². The molecule has 1 fully saturated rings. The third-order valence-corrected chi connectivity index (χ3v) is 6.66. The minimum absolute atomic E-state index is 0.0589. The molecule has 0 bridgehead atoms. The fourth-order valence-corrected chi connectivity index (χ4v) is 4.72. The van der Waals surface area contributed by atoms with Crippen molar-refractivity contribution in [1.82, 2.24) is 15.5 Å². The number of hydrogen-bond donors (Lipinski definition) is 3. The summed E-state index contributed by atoms with van der Waals surface area (Å²) in [5.41, 5.74) is 2.45. The Morgan fingerprint density at radius 1 is 1.06 bits per heavy atom. The van der Waals surface area contributed by atoms with Crippen molar-refractivity contribution in [3.8, 4) is 5.75 Å². The van der Waals surface area contributed by atoms with Gasteiger partial charge in [-0.25, -0.2) is 4.79 Å². The lowest BCUT2D eigenvalue weighted by Gasteiger charge is -2.32. The lowest BCUT2D eigenvalue weighted by molar-refractivity contribution is -0.136. The quantitative estimate of drug-likeness (QED) is 0.564. The fourth-order valence-electron chi connectivity index (χ4n) is 4.72. The summed E-state index contributed by atoms with van der Waals surface area (Å²) in [4.78, 5) is 62.8. The molecule has 0 aromatic heterocycles. The molecule has 2 aromatic carbocycles. The first-order chi connectivity index (χ1) is 17.1. The second-order valence-electron chi connectivity index (χ2n) is 9.82. The Morgan fingerprint density at radius 3 is 2.61 bits per heavy atom. The molecule has 10 heteroatoms. The number of fused-ring (bicyclic) bond motifs is 2. The normalized spacial score (nSPS) is 20.3. The number of rotatable bonds is 4. The van der Waals surface area contributed by atoms with Gasteiger partial charge in [0.15, 0.2) is 0 Å². The lowest BCUT2D eigenvalue weighted by atomic mass is 9.94. The van der Waals surface area contributed by atoms with Crippen LogP contribution in [0.5, 0.6) is 5.75 Å². The van der Waals surface area contributed by atoms with Crippen LogP contribution in [0, 0.1) is 0 Å². The number of nitrogens with one attached hydrogen (secondary N) is 3. The number of aryl methyl sites for hydroxylation is 1. The van der Waals surface area contributed by atoms with E-state index in [0.29, 0.717) is 11.3 Å². The summed E-state index contributed by atoms with van der Waals surface area (Å²) in [5, 5.41) is 7.73. The van der Waals surface area contributed by atoms with Gasteiger partial charge in [-0.2, -0.15) is 0 Å². The van der Waals surface area contributed by atoms with Crippen LogP contribution in [0.1, 0.15) is 65.0 Å². The van der Waals surface area contributed by atoms with Crippen molar-refractivity contribution in [2.24, 2.45) is 0 Å². The zero-order chi connectivity index (χ0) is 25.6. The van der Waals surface area contributed by atoms with E-state index < -0.39 is 35.7 Å². The molecule has 3 heterocycles. The number of urea groups is 1. The van der Waals surface area contributed by atoms with Gasteiger partial charge in [-0.05, 0) is 74.6 Å². The highest BCUT2D eigenvalue weighted by Gasteiger charge is 2.44. The number of amides is 6. The van der Waals surface area contributed by atoms with E-state index in [2.05, 4.69) is 16.0 Å². The standard InChI is InChI=1S/C26H26N4O6/c1-26(2)10-9-15-12-16(4-7-20(15)36-26)28-25(35)27-13-14-3-5-17-18(11-14)24(34)30(23(17)33)19-6-8-21(31)29-22(19)32/h3-5,7,11-12,19H,6,8-10,13H2,1-2H3,(H2,27,28,35)(H,29,31,32). The highest BCUT2D eigenvalue weighted by Crippen LogP contribution is 2.34. The van der Waals surface area contributed by atoms with Crippen molar-refractivity contribution < 1.29 is 28.7 Å². The summed E-state index contributed by atoms with van der Waals surface area (Å²) >= 11 is 0. The molecule has 1 atom stereocenters. The largest absolute Gasteiger partial charge is 0.488 e. The third kappa shape index (κ3) is 4.41. The molecule has 186 valence electrons. The van der Waals surface area contributed by atoms with Crippen LogP contribution in [-0.2, 0) is 22.6 Å². The Bertz CT molecular complexity index is 1320. The zero-order valence-electron chi connectivity index (χ0n) is 20.0. The zero-order valence-corrected chi connectivity index (χ0v) is 20.0. The van der Waals surface area contributed by atoms with Crippen molar-refractivity contribution >= 4 is 35.3 Å². The molecule has 1 saturated heterocycles. The van der Waals surface area contributed by atoms with Crippen LogP contribution >= 0.6 is 0 Å². The SMILES string of the molecule is CC1(C)CCc2cc(NC(=O)NCc3ccc4c(c3)C(=O)N(C3CCC(=O)NC3=O)C4=O)ccc2O1. The highest BCUT2D eigenvalue weighted by atomic mass is 16.5. The first-order valence-electron chi connectivity index (χ1n) is 11.8. The number of nitrogens with zero attached hydrogens (tertiary/aromatic N) is 1. The molecular weight excluding hydrogens is 464 g/mol. The van der Waals surface area contributed by atoms with Crippen LogP contribution in [0.15, 0.2) is 36.4 Å². The molecule has 3 aliphatic rings. The summed E-state index contributed by atoms with van der Waals surface area (Å²) in [6, 6.07) is 8.80. The molecule has 5 rings (SSSR count). The maximum atomic E-state index is 13.0. The molecule has 10 nitrogen and oxygen atoms in total. The number of piperidine rings is 1. The van der Waals surface area contributed by atoms with Crippen LogP contribution in [0.4, 0.5) is 10.5 Å². The Morgan fingerprint density at radius 2 is 1.83 bits per heavy atom. The van der Waals surface area contributed by atoms with Crippen molar-refractivity contribution in [2.75, 3.05) is 5.32 Å². The van der Waals surface area contributed by atoms with Crippen molar-refractivity contribution in [2.45, 2.75) is 57.7 Å². The summed E-state index contributed by atoms with van der Waals surface area (Å²) in [6.07, 6.45) is 1.90. The molecule has 36 heavy (non-hydrogen) atoms. The predicted molar refractivity (Wildman–Crippen MR) is 128 cm³/mol. The highest BCUT2D eigenvalue weighted by molar-refractivity contribution is 6.23. The van der Waals surface area contributed by atoms with Gasteiger partial charge in [-0.1, -0.05) is 6.07 Å². The molecule has 0 radical (unpaired) electrons. The summed E-state index contributed by atoms with van der Waals surface area (Å²) in [7, 11) is 0. The Balaban J connectivity index is 1.22. The molecule has 0 aliphatic carbocycles. The molecule has 1 unspecified atom stereocenters. The first kappa shape index (κ1) is 23.5. The Hall–Kier alpha value is -4.21. The second kappa shape index (κ2) is 8.78. The van der Waals surface area contributed by atoms with Crippen LogP contribution in [0.25, 0.3) is 0 Å². The Labute approximate surface area is 207 Å². The number of benzene rings is 2. The summed E-state index contributed by atoms with van der Waals surface area (Å²) in [6.45, 7) is 4.22. The summed E-state index contributed by atoms with van der Waals surface area (Å²) < 4.78 is 5.97. The maximum Gasteiger partial charge on any atom is 0.319 e. The average Bonchev–Trinajstić information content (AvgIpc) is 3.07. The number of anilines is 1. The van der Waals surface area contributed by atoms with Gasteiger partial charge in [0.1, 0.15) is 17.4 Å². The monoisotopic (exact) mass is 490 g/mol. The minimum Gasteiger partial charge on any atom is -0.488 e. The van der Waals surface area contributed by atoms with Crippen LogP contribution in [0.3, 0.4) is 0 Å². The summed E-state index contributed by atoms with van der Waals surface area (Å²) in [5.74, 6) is -1.42. The molecule has 0 saturated carbocycles. The topological polar surface area (TPSA) is 134 Å². The van der Waals surface area contributed by atoms with Crippen LogP contribution < -0.4 is 20.7 Å². The van der Waals surface area contributed by atoms with E-state index in [0.717, 1.165) is 29.1 Å². The second-order valence-corrected chi connectivity index (χ2v) is 9.82. The number of carbonyl (C=O) groups excluding carboxylic acids is 5. The van der Waals surface area contributed by atoms with E-state index in [1.165, 1.54) is 6.07 Å². The van der Waals surface area contributed by atoms with Gasteiger partial charge in [-0.3, -0.25) is 29.4 Å². The lowest BCUT2D eigenvalue weighted by Crippen LogP contribution is -2.54. The van der Waals surface area contributed by atoms with Crippen molar-refractivity contribution in [1.29, 1.82) is 0 Å². The van der Waals surface area contributed by atoms with E-state index in [-0.39, 0.29) is 36.1 Å². The Kier molecular flexibility index (Phi) is 5.74. The van der Waals surface area contributed by atoms with E-state index in [9.17, 15) is 24.0 Å². The predicted octanol–water partition coefficient (Wildman–Crippen LogP) is 2.51. The van der Waals surface area contributed by atoms with E-state index >= 15 is 0 Å².